The summed E-state index contributed by atoms with van der Waals surface area (Å²) in [6, 6.07) is 17.0. The van der Waals surface area contributed by atoms with Crippen LogP contribution in [0.3, 0.4) is 0 Å². The molecule has 1 N–H and O–H groups in total. The monoisotopic (exact) mass is 445 g/mol. The molecule has 1 saturated heterocycles. The number of aliphatic hydroxyl groups excluding tert-OH is 1. The Kier molecular flexibility index (Phi) is 6.01. The molecule has 168 valence electrons. The minimum absolute atomic E-state index is 0.0431. The molecule has 1 unspecified atom stereocenters. The van der Waals surface area contributed by atoms with E-state index in [1.807, 2.05) is 39.0 Å². The third-order valence-electron chi connectivity index (χ3n) is 5.64. The predicted molar refractivity (Wildman–Crippen MR) is 125 cm³/mol. The van der Waals surface area contributed by atoms with Crippen LogP contribution in [-0.2, 0) is 9.59 Å². The van der Waals surface area contributed by atoms with Crippen molar-refractivity contribution in [3.63, 3.8) is 0 Å². The zero-order valence-electron chi connectivity index (χ0n) is 18.6. The maximum Gasteiger partial charge on any atom is 0.300 e. The Morgan fingerprint density at radius 2 is 1.79 bits per heavy atom. The number of aryl methyl sites for hydroxylation is 2. The molecule has 0 bridgehead atoms. The highest BCUT2D eigenvalue weighted by Crippen LogP contribution is 2.42. The molecular weight excluding hydrogens is 421 g/mol. The average molecular weight is 445 g/mol. The van der Waals surface area contributed by atoms with E-state index in [-0.39, 0.29) is 17.0 Å². The Morgan fingerprint density at radius 3 is 2.45 bits per heavy atom. The second kappa shape index (κ2) is 8.90. The molecule has 1 amide bonds. The van der Waals surface area contributed by atoms with E-state index in [1.54, 1.807) is 30.3 Å². The number of amides is 1. The van der Waals surface area contributed by atoms with Crippen LogP contribution in [-0.4, -0.2) is 23.4 Å². The largest absolute Gasteiger partial charge is 0.507 e. The zero-order valence-corrected chi connectivity index (χ0v) is 18.6. The Bertz CT molecular complexity index is 1280. The molecule has 5 nitrogen and oxygen atoms in total. The molecule has 33 heavy (non-hydrogen) atoms. The zero-order chi connectivity index (χ0) is 23.7. The summed E-state index contributed by atoms with van der Waals surface area (Å²) in [4.78, 5) is 27.6. The van der Waals surface area contributed by atoms with E-state index >= 15 is 0 Å². The Balaban J connectivity index is 1.92. The predicted octanol–water partition coefficient (Wildman–Crippen LogP) is 5.47. The standard InChI is InChI=1S/C27H24FNO4/c1-4-33-22-12-11-19(14-17(22)3)25(30)23-24(18-8-5-7-16(2)13-18)29(27(32)26(23)31)21-10-6-9-20(28)15-21/h5-15,24,30H,4H2,1-3H3/b25-23+. The van der Waals surface area contributed by atoms with Crippen molar-refractivity contribution in [1.29, 1.82) is 0 Å². The number of ether oxygens (including phenoxy) is 1. The highest BCUT2D eigenvalue weighted by Gasteiger charge is 2.47. The number of ketones is 1. The Labute approximate surface area is 191 Å². The number of hydrogen-bond acceptors (Lipinski definition) is 4. The van der Waals surface area contributed by atoms with Crippen molar-refractivity contribution in [2.24, 2.45) is 0 Å². The van der Waals surface area contributed by atoms with Gasteiger partial charge in [0.2, 0.25) is 0 Å². The molecule has 1 fully saturated rings. The fourth-order valence-electron chi connectivity index (χ4n) is 4.15. The van der Waals surface area contributed by atoms with Gasteiger partial charge in [0.15, 0.2) is 0 Å². The molecule has 3 aromatic carbocycles. The number of anilines is 1. The van der Waals surface area contributed by atoms with Gasteiger partial charge < -0.3 is 9.84 Å². The van der Waals surface area contributed by atoms with Crippen molar-refractivity contribution in [3.8, 4) is 5.75 Å². The van der Waals surface area contributed by atoms with Crippen molar-refractivity contribution >= 4 is 23.1 Å². The van der Waals surface area contributed by atoms with Crippen LogP contribution in [0.1, 0.15) is 35.2 Å². The highest BCUT2D eigenvalue weighted by molar-refractivity contribution is 6.51. The van der Waals surface area contributed by atoms with Crippen LogP contribution >= 0.6 is 0 Å². The number of carbonyl (C=O) groups excluding carboxylic acids is 2. The third-order valence-corrected chi connectivity index (χ3v) is 5.64. The second-order valence-corrected chi connectivity index (χ2v) is 7.98. The fraction of sp³-hybridized carbons (Fsp3) is 0.185. The molecule has 3 aromatic rings. The molecule has 0 saturated carbocycles. The van der Waals surface area contributed by atoms with Crippen LogP contribution < -0.4 is 9.64 Å². The summed E-state index contributed by atoms with van der Waals surface area (Å²) in [5.41, 5.74) is 2.94. The highest BCUT2D eigenvalue weighted by atomic mass is 19.1. The summed E-state index contributed by atoms with van der Waals surface area (Å²) in [5.74, 6) is -1.79. The number of halogens is 1. The van der Waals surface area contributed by atoms with Gasteiger partial charge in [-0.15, -0.1) is 0 Å². The molecule has 0 aromatic heterocycles. The lowest BCUT2D eigenvalue weighted by Gasteiger charge is -2.25. The number of benzene rings is 3. The third kappa shape index (κ3) is 4.12. The molecule has 0 radical (unpaired) electrons. The molecule has 0 spiro atoms. The number of Topliss-reactive ketones (excluding diaryl/α,β-unsaturated/α-hetero) is 1. The van der Waals surface area contributed by atoms with E-state index in [9.17, 15) is 19.1 Å². The van der Waals surface area contributed by atoms with Crippen LogP contribution in [0.4, 0.5) is 10.1 Å². The van der Waals surface area contributed by atoms with E-state index < -0.39 is 23.5 Å². The smallest absolute Gasteiger partial charge is 0.300 e. The number of hydrogen-bond donors (Lipinski definition) is 1. The van der Waals surface area contributed by atoms with Gasteiger partial charge in [-0.2, -0.15) is 0 Å². The van der Waals surface area contributed by atoms with Crippen molar-refractivity contribution in [3.05, 3.63) is 100 Å². The fourth-order valence-corrected chi connectivity index (χ4v) is 4.15. The first-order valence-corrected chi connectivity index (χ1v) is 10.7. The molecule has 1 atom stereocenters. The van der Waals surface area contributed by atoms with Gasteiger partial charge in [0, 0.05) is 11.3 Å². The summed E-state index contributed by atoms with van der Waals surface area (Å²) in [7, 11) is 0. The molecule has 1 aliphatic heterocycles. The summed E-state index contributed by atoms with van der Waals surface area (Å²) >= 11 is 0. The van der Waals surface area contributed by atoms with Crippen LogP contribution in [0.2, 0.25) is 0 Å². The van der Waals surface area contributed by atoms with Gasteiger partial charge in [0.1, 0.15) is 17.3 Å². The number of nitrogens with zero attached hydrogens (tertiary/aromatic N) is 1. The number of carbonyl (C=O) groups is 2. The van der Waals surface area contributed by atoms with E-state index in [1.165, 1.54) is 23.1 Å². The van der Waals surface area contributed by atoms with Crippen LogP contribution in [0.15, 0.2) is 72.3 Å². The lowest BCUT2D eigenvalue weighted by atomic mass is 9.94. The van der Waals surface area contributed by atoms with Crippen molar-refractivity contribution in [2.45, 2.75) is 26.8 Å². The Morgan fingerprint density at radius 1 is 1.03 bits per heavy atom. The molecular formula is C27H24FNO4. The first kappa shape index (κ1) is 22.3. The lowest BCUT2D eigenvalue weighted by molar-refractivity contribution is -0.132. The maximum absolute atomic E-state index is 14.0. The van der Waals surface area contributed by atoms with Crippen LogP contribution in [0.25, 0.3) is 5.76 Å². The Hall–Kier alpha value is -3.93. The van der Waals surface area contributed by atoms with E-state index in [0.29, 0.717) is 23.5 Å². The van der Waals surface area contributed by atoms with Gasteiger partial charge in [0.05, 0.1) is 18.2 Å². The van der Waals surface area contributed by atoms with Gasteiger partial charge in [-0.25, -0.2) is 4.39 Å². The van der Waals surface area contributed by atoms with Gasteiger partial charge in [-0.05, 0) is 68.3 Å². The lowest BCUT2D eigenvalue weighted by Crippen LogP contribution is -2.29. The molecule has 0 aliphatic carbocycles. The SMILES string of the molecule is CCOc1ccc(/C(O)=C2\C(=O)C(=O)N(c3cccc(F)c3)C2c2cccc(C)c2)cc1C. The summed E-state index contributed by atoms with van der Waals surface area (Å²) in [6.07, 6.45) is 0. The molecule has 4 rings (SSSR count). The summed E-state index contributed by atoms with van der Waals surface area (Å²) in [6.45, 7) is 6.11. The maximum atomic E-state index is 14.0. The molecule has 1 heterocycles. The average Bonchev–Trinajstić information content (AvgIpc) is 3.05. The van der Waals surface area contributed by atoms with E-state index in [0.717, 1.165) is 11.1 Å². The number of aliphatic hydroxyl groups is 1. The van der Waals surface area contributed by atoms with Crippen molar-refractivity contribution in [2.75, 3.05) is 11.5 Å². The van der Waals surface area contributed by atoms with Crippen LogP contribution in [0.5, 0.6) is 5.75 Å². The summed E-state index contributed by atoms with van der Waals surface area (Å²) in [5, 5.41) is 11.2. The first-order valence-electron chi connectivity index (χ1n) is 10.7. The quantitative estimate of drug-likeness (QED) is 0.321. The minimum Gasteiger partial charge on any atom is -0.507 e. The topological polar surface area (TPSA) is 66.8 Å². The van der Waals surface area contributed by atoms with Gasteiger partial charge >= 0.3 is 0 Å². The van der Waals surface area contributed by atoms with Gasteiger partial charge in [0.25, 0.3) is 11.7 Å². The molecule has 6 heteroatoms. The molecule has 1 aliphatic rings. The van der Waals surface area contributed by atoms with Crippen molar-refractivity contribution in [1.82, 2.24) is 0 Å². The normalized spacial score (nSPS) is 17.5. The first-order chi connectivity index (χ1) is 15.8. The van der Waals surface area contributed by atoms with Gasteiger partial charge in [-0.1, -0.05) is 35.9 Å². The van der Waals surface area contributed by atoms with E-state index in [4.69, 9.17) is 4.74 Å². The number of rotatable bonds is 5. The minimum atomic E-state index is -0.904. The second-order valence-electron chi connectivity index (χ2n) is 7.98. The van der Waals surface area contributed by atoms with Crippen molar-refractivity contribution < 1.29 is 23.8 Å². The summed E-state index contributed by atoms with van der Waals surface area (Å²) < 4.78 is 19.6. The van der Waals surface area contributed by atoms with E-state index in [2.05, 4.69) is 0 Å². The van der Waals surface area contributed by atoms with Crippen LogP contribution in [0, 0.1) is 19.7 Å². The van der Waals surface area contributed by atoms with Gasteiger partial charge in [-0.3, -0.25) is 14.5 Å².